The van der Waals surface area contributed by atoms with Gasteiger partial charge in [0, 0.05) is 12.6 Å². The number of carboxylic acid groups (broad SMARTS) is 1. The summed E-state index contributed by atoms with van der Waals surface area (Å²) in [6.07, 6.45) is 2.04. The van der Waals surface area contributed by atoms with Gasteiger partial charge in [0.05, 0.1) is 5.92 Å². The normalized spacial score (nSPS) is 14.2. The minimum Gasteiger partial charge on any atom is -0.481 e. The zero-order valence-corrected chi connectivity index (χ0v) is 13.1. The number of nitrogens with zero attached hydrogens (tertiary/aromatic N) is 1. The molecule has 1 rings (SSSR count). The van der Waals surface area contributed by atoms with Crippen LogP contribution in [0.1, 0.15) is 51.3 Å². The second kappa shape index (κ2) is 8.05. The Hall–Kier alpha value is -1.35. The minimum atomic E-state index is -0.723. The van der Waals surface area contributed by atoms with E-state index in [0.29, 0.717) is 12.6 Å². The average Bonchev–Trinajstić information content (AvgIpc) is 2.47. The van der Waals surface area contributed by atoms with Crippen molar-refractivity contribution in [2.45, 2.75) is 46.6 Å². The predicted octanol–water partition coefficient (Wildman–Crippen LogP) is 3.74. The first-order chi connectivity index (χ1) is 9.53. The molecule has 0 fully saturated rings. The van der Waals surface area contributed by atoms with Gasteiger partial charge in [-0.2, -0.15) is 0 Å². The van der Waals surface area contributed by atoms with Crippen LogP contribution in [-0.2, 0) is 11.2 Å². The Labute approximate surface area is 122 Å². The van der Waals surface area contributed by atoms with Gasteiger partial charge < -0.3 is 5.11 Å². The van der Waals surface area contributed by atoms with E-state index in [1.165, 1.54) is 11.1 Å². The maximum absolute atomic E-state index is 11.1. The van der Waals surface area contributed by atoms with Crippen LogP contribution in [0.15, 0.2) is 24.3 Å². The second-order valence-corrected chi connectivity index (χ2v) is 5.35. The quantitative estimate of drug-likeness (QED) is 0.787. The number of rotatable bonds is 8. The highest BCUT2D eigenvalue weighted by atomic mass is 16.4. The third-order valence-electron chi connectivity index (χ3n) is 3.94. The Balaban J connectivity index is 2.87. The number of aliphatic carboxylic acids is 1. The first kappa shape index (κ1) is 16.7. The first-order valence-corrected chi connectivity index (χ1v) is 7.59. The predicted molar refractivity (Wildman–Crippen MR) is 82.9 cm³/mol. The van der Waals surface area contributed by atoms with E-state index in [1.807, 2.05) is 0 Å². The topological polar surface area (TPSA) is 40.5 Å². The average molecular weight is 277 g/mol. The zero-order valence-electron chi connectivity index (χ0n) is 13.1. The number of aryl methyl sites for hydroxylation is 1. The lowest BCUT2D eigenvalue weighted by molar-refractivity contribution is -0.141. The molecule has 2 unspecified atom stereocenters. The molecule has 3 nitrogen and oxygen atoms in total. The van der Waals surface area contributed by atoms with E-state index in [4.69, 9.17) is 5.11 Å². The number of carbonyl (C=O) groups is 1. The lowest BCUT2D eigenvalue weighted by Crippen LogP contribution is -2.34. The third kappa shape index (κ3) is 4.34. The highest BCUT2D eigenvalue weighted by Crippen LogP contribution is 2.25. The molecule has 1 N–H and O–H groups in total. The molecule has 0 aliphatic carbocycles. The Kier molecular flexibility index (Phi) is 6.73. The fraction of sp³-hybridized carbons (Fsp3) is 0.588. The number of benzene rings is 1. The molecule has 3 heteroatoms. The largest absolute Gasteiger partial charge is 0.481 e. The smallest absolute Gasteiger partial charge is 0.307 e. The lowest BCUT2D eigenvalue weighted by Gasteiger charge is -2.31. The van der Waals surface area contributed by atoms with E-state index in [1.54, 1.807) is 6.92 Å². The fourth-order valence-corrected chi connectivity index (χ4v) is 2.59. The molecule has 0 amide bonds. The SMILES string of the molecule is CCc1ccc(C(CC)N(CC)CC(C)C(=O)O)cc1. The van der Waals surface area contributed by atoms with Crippen LogP contribution in [0.5, 0.6) is 0 Å². The Morgan fingerprint density at radius 1 is 1.20 bits per heavy atom. The van der Waals surface area contributed by atoms with Crippen LogP contribution in [-0.4, -0.2) is 29.1 Å². The summed E-state index contributed by atoms with van der Waals surface area (Å²) in [6.45, 7) is 9.65. The summed E-state index contributed by atoms with van der Waals surface area (Å²) in [5, 5.41) is 9.09. The molecule has 0 aliphatic rings. The van der Waals surface area contributed by atoms with Gasteiger partial charge in [-0.3, -0.25) is 9.69 Å². The van der Waals surface area contributed by atoms with Gasteiger partial charge in [0.25, 0.3) is 0 Å². The summed E-state index contributed by atoms with van der Waals surface area (Å²) in [5.74, 6) is -1.06. The van der Waals surface area contributed by atoms with E-state index >= 15 is 0 Å². The molecule has 0 aliphatic heterocycles. The summed E-state index contributed by atoms with van der Waals surface area (Å²) in [4.78, 5) is 13.3. The highest BCUT2D eigenvalue weighted by molar-refractivity contribution is 5.69. The third-order valence-corrected chi connectivity index (χ3v) is 3.94. The van der Waals surface area contributed by atoms with Gasteiger partial charge in [0.2, 0.25) is 0 Å². The van der Waals surface area contributed by atoms with Crippen LogP contribution >= 0.6 is 0 Å². The van der Waals surface area contributed by atoms with Crippen molar-refractivity contribution in [1.29, 1.82) is 0 Å². The maximum Gasteiger partial charge on any atom is 0.307 e. The Morgan fingerprint density at radius 2 is 1.80 bits per heavy atom. The molecule has 1 aromatic carbocycles. The van der Waals surface area contributed by atoms with Crippen molar-refractivity contribution in [3.05, 3.63) is 35.4 Å². The van der Waals surface area contributed by atoms with Crippen LogP contribution in [0, 0.1) is 5.92 Å². The second-order valence-electron chi connectivity index (χ2n) is 5.35. The minimum absolute atomic E-state index is 0.299. The monoisotopic (exact) mass is 277 g/mol. The molecule has 0 bridgehead atoms. The molecule has 0 saturated carbocycles. The molecule has 0 spiro atoms. The van der Waals surface area contributed by atoms with Crippen molar-refractivity contribution in [1.82, 2.24) is 4.90 Å². The van der Waals surface area contributed by atoms with Gasteiger partial charge in [-0.25, -0.2) is 0 Å². The number of carboxylic acids is 1. The van der Waals surface area contributed by atoms with E-state index in [0.717, 1.165) is 19.4 Å². The van der Waals surface area contributed by atoms with Crippen LogP contribution in [0.25, 0.3) is 0 Å². The fourth-order valence-electron chi connectivity index (χ4n) is 2.59. The summed E-state index contributed by atoms with van der Waals surface area (Å²) < 4.78 is 0. The van der Waals surface area contributed by atoms with Crippen LogP contribution in [0.4, 0.5) is 0 Å². The zero-order chi connectivity index (χ0) is 15.1. The van der Waals surface area contributed by atoms with Crippen molar-refractivity contribution in [2.24, 2.45) is 5.92 Å². The van der Waals surface area contributed by atoms with Crippen molar-refractivity contribution in [2.75, 3.05) is 13.1 Å². The van der Waals surface area contributed by atoms with Crippen LogP contribution in [0.2, 0.25) is 0 Å². The summed E-state index contributed by atoms with van der Waals surface area (Å²) >= 11 is 0. The Bertz CT molecular complexity index is 414. The summed E-state index contributed by atoms with van der Waals surface area (Å²) in [6, 6.07) is 9.01. The molecular formula is C17H27NO2. The molecule has 1 aromatic rings. The van der Waals surface area contributed by atoms with Crippen LogP contribution < -0.4 is 0 Å². The van der Waals surface area contributed by atoms with Crippen molar-refractivity contribution in [3.8, 4) is 0 Å². The standard InChI is InChI=1S/C17H27NO2/c1-5-14-8-10-15(11-9-14)16(6-2)18(7-3)12-13(4)17(19)20/h8-11,13,16H,5-7,12H2,1-4H3,(H,19,20). The van der Waals surface area contributed by atoms with Gasteiger partial charge in [0.1, 0.15) is 0 Å². The number of hydrogen-bond donors (Lipinski definition) is 1. The highest BCUT2D eigenvalue weighted by Gasteiger charge is 2.22. The van der Waals surface area contributed by atoms with E-state index in [9.17, 15) is 4.79 Å². The molecular weight excluding hydrogens is 250 g/mol. The van der Waals surface area contributed by atoms with Gasteiger partial charge in [-0.15, -0.1) is 0 Å². The summed E-state index contributed by atoms with van der Waals surface area (Å²) in [7, 11) is 0. The molecule has 0 aromatic heterocycles. The van der Waals surface area contributed by atoms with Gasteiger partial charge in [-0.05, 0) is 30.5 Å². The molecule has 112 valence electrons. The first-order valence-electron chi connectivity index (χ1n) is 7.59. The van der Waals surface area contributed by atoms with Gasteiger partial charge in [-0.1, -0.05) is 52.0 Å². The van der Waals surface area contributed by atoms with E-state index in [-0.39, 0.29) is 5.92 Å². The van der Waals surface area contributed by atoms with E-state index in [2.05, 4.69) is 49.9 Å². The summed E-state index contributed by atoms with van der Waals surface area (Å²) in [5.41, 5.74) is 2.62. The van der Waals surface area contributed by atoms with Crippen molar-refractivity contribution in [3.63, 3.8) is 0 Å². The molecule has 2 atom stereocenters. The number of hydrogen-bond acceptors (Lipinski definition) is 2. The van der Waals surface area contributed by atoms with Gasteiger partial charge >= 0.3 is 5.97 Å². The Morgan fingerprint density at radius 3 is 2.20 bits per heavy atom. The van der Waals surface area contributed by atoms with E-state index < -0.39 is 5.97 Å². The molecule has 0 radical (unpaired) electrons. The van der Waals surface area contributed by atoms with Crippen molar-refractivity contribution < 1.29 is 9.90 Å². The molecule has 20 heavy (non-hydrogen) atoms. The maximum atomic E-state index is 11.1. The lowest BCUT2D eigenvalue weighted by atomic mass is 9.99. The molecule has 0 heterocycles. The molecule has 0 saturated heterocycles. The van der Waals surface area contributed by atoms with Crippen molar-refractivity contribution >= 4 is 5.97 Å². The van der Waals surface area contributed by atoms with Crippen LogP contribution in [0.3, 0.4) is 0 Å². The van der Waals surface area contributed by atoms with Gasteiger partial charge in [0.15, 0.2) is 0 Å².